The van der Waals surface area contributed by atoms with Gasteiger partial charge in [0, 0.05) is 24.6 Å². The van der Waals surface area contributed by atoms with Crippen LogP contribution < -0.4 is 10.6 Å². The number of nitrogens with zero attached hydrogens (tertiary/aromatic N) is 2. The number of nitrogens with one attached hydrogen (secondary N) is 2. The summed E-state index contributed by atoms with van der Waals surface area (Å²) < 4.78 is 5.61. The molecule has 2 N–H and O–H groups in total. The van der Waals surface area contributed by atoms with Gasteiger partial charge in [-0.15, -0.1) is 11.3 Å². The van der Waals surface area contributed by atoms with Crippen LogP contribution in [0, 0.1) is 13.8 Å². The molecule has 1 fully saturated rings. The molecule has 6 heteroatoms. The maximum absolute atomic E-state index is 5.61. The van der Waals surface area contributed by atoms with E-state index in [0.717, 1.165) is 49.2 Å². The fraction of sp³-hybridized carbons (Fsp3) is 0.714. The lowest BCUT2D eigenvalue weighted by Crippen LogP contribution is -2.41. The first-order chi connectivity index (χ1) is 9.69. The lowest BCUT2D eigenvalue weighted by Gasteiger charge is -2.14. The molecule has 20 heavy (non-hydrogen) atoms. The highest BCUT2D eigenvalue weighted by atomic mass is 32.1. The first kappa shape index (κ1) is 15.3. The summed E-state index contributed by atoms with van der Waals surface area (Å²) in [4.78, 5) is 10.4. The average Bonchev–Trinajstić information content (AvgIpc) is 3.04. The van der Waals surface area contributed by atoms with E-state index < -0.39 is 0 Å². The molecule has 0 aromatic carbocycles. The van der Waals surface area contributed by atoms with Crippen molar-refractivity contribution in [2.75, 3.05) is 19.7 Å². The number of rotatable bonds is 5. The number of thiazole rings is 1. The zero-order valence-corrected chi connectivity index (χ0v) is 13.3. The first-order valence-corrected chi connectivity index (χ1v) is 8.07. The number of ether oxygens (including phenoxy) is 1. The van der Waals surface area contributed by atoms with E-state index in [4.69, 9.17) is 4.74 Å². The minimum absolute atomic E-state index is 0.322. The van der Waals surface area contributed by atoms with Crippen molar-refractivity contribution in [3.63, 3.8) is 0 Å². The van der Waals surface area contributed by atoms with Crippen LogP contribution >= 0.6 is 11.3 Å². The predicted molar refractivity (Wildman–Crippen MR) is 83.4 cm³/mol. The van der Waals surface area contributed by atoms with E-state index in [2.05, 4.69) is 34.5 Å². The highest BCUT2D eigenvalue weighted by Crippen LogP contribution is 2.17. The molecular formula is C14H24N4OS. The summed E-state index contributed by atoms with van der Waals surface area (Å²) in [7, 11) is 0. The van der Waals surface area contributed by atoms with Crippen LogP contribution in [0.25, 0.3) is 0 Å². The van der Waals surface area contributed by atoms with Crippen molar-refractivity contribution < 1.29 is 4.74 Å². The molecule has 112 valence electrons. The van der Waals surface area contributed by atoms with Crippen molar-refractivity contribution >= 4 is 17.3 Å². The maximum Gasteiger partial charge on any atom is 0.191 e. The molecule has 1 atom stereocenters. The van der Waals surface area contributed by atoms with E-state index in [9.17, 15) is 0 Å². The number of guanidine groups is 1. The van der Waals surface area contributed by atoms with E-state index in [1.807, 2.05) is 6.92 Å². The molecule has 0 bridgehead atoms. The van der Waals surface area contributed by atoms with Gasteiger partial charge >= 0.3 is 0 Å². The van der Waals surface area contributed by atoms with Gasteiger partial charge in [0.2, 0.25) is 0 Å². The minimum Gasteiger partial charge on any atom is -0.376 e. The molecule has 0 saturated carbocycles. The molecule has 1 aliphatic rings. The van der Waals surface area contributed by atoms with Gasteiger partial charge in [-0.05, 0) is 33.6 Å². The number of hydrogen-bond donors (Lipinski definition) is 2. The Bertz CT molecular complexity index is 433. The third-order valence-corrected chi connectivity index (χ3v) is 4.37. The Labute approximate surface area is 124 Å². The van der Waals surface area contributed by atoms with E-state index in [1.54, 1.807) is 11.3 Å². The quantitative estimate of drug-likeness (QED) is 0.644. The van der Waals surface area contributed by atoms with E-state index in [-0.39, 0.29) is 0 Å². The van der Waals surface area contributed by atoms with Crippen LogP contribution in [-0.4, -0.2) is 36.7 Å². The molecule has 1 unspecified atom stereocenters. The Hall–Kier alpha value is -1.14. The normalized spacial score (nSPS) is 19.4. The highest BCUT2D eigenvalue weighted by molar-refractivity contribution is 7.11. The predicted octanol–water partition coefficient (Wildman–Crippen LogP) is 1.99. The third kappa shape index (κ3) is 4.45. The monoisotopic (exact) mass is 296 g/mol. The smallest absolute Gasteiger partial charge is 0.191 e. The number of aromatic nitrogens is 1. The van der Waals surface area contributed by atoms with Gasteiger partial charge in [0.1, 0.15) is 5.01 Å². The van der Waals surface area contributed by atoms with Crippen LogP contribution in [0.2, 0.25) is 0 Å². The molecule has 1 aliphatic heterocycles. The van der Waals surface area contributed by atoms with Gasteiger partial charge in [0.15, 0.2) is 5.96 Å². The van der Waals surface area contributed by atoms with E-state index in [0.29, 0.717) is 12.6 Å². The van der Waals surface area contributed by atoms with Gasteiger partial charge in [-0.3, -0.25) is 0 Å². The van der Waals surface area contributed by atoms with Gasteiger partial charge in [0.25, 0.3) is 0 Å². The van der Waals surface area contributed by atoms with Crippen LogP contribution in [0.1, 0.15) is 35.3 Å². The Morgan fingerprint density at radius 2 is 2.30 bits per heavy atom. The SMILES string of the molecule is CCNC(=NCc1nc(C)c(C)s1)NCC1CCCO1. The largest absolute Gasteiger partial charge is 0.376 e. The number of aliphatic imine (C=N–C) groups is 1. The first-order valence-electron chi connectivity index (χ1n) is 7.25. The molecule has 0 amide bonds. The molecule has 5 nitrogen and oxygen atoms in total. The second kappa shape index (κ2) is 7.59. The molecule has 0 radical (unpaired) electrons. The zero-order valence-electron chi connectivity index (χ0n) is 12.5. The van der Waals surface area contributed by atoms with E-state index >= 15 is 0 Å². The lowest BCUT2D eigenvalue weighted by molar-refractivity contribution is 0.114. The maximum atomic E-state index is 5.61. The molecule has 1 aromatic rings. The number of aryl methyl sites for hydroxylation is 2. The summed E-state index contributed by atoms with van der Waals surface area (Å²) in [5, 5.41) is 7.67. The summed E-state index contributed by atoms with van der Waals surface area (Å²) >= 11 is 1.72. The minimum atomic E-state index is 0.322. The Morgan fingerprint density at radius 3 is 2.90 bits per heavy atom. The summed E-state index contributed by atoms with van der Waals surface area (Å²) in [6.07, 6.45) is 2.62. The molecular weight excluding hydrogens is 272 g/mol. The van der Waals surface area contributed by atoms with Crippen LogP contribution in [0.4, 0.5) is 0 Å². The van der Waals surface area contributed by atoms with Crippen LogP contribution in [-0.2, 0) is 11.3 Å². The summed E-state index contributed by atoms with van der Waals surface area (Å²) in [5.41, 5.74) is 1.11. The second-order valence-electron chi connectivity index (χ2n) is 4.96. The molecule has 2 heterocycles. The molecule has 0 spiro atoms. The average molecular weight is 296 g/mol. The summed E-state index contributed by atoms with van der Waals surface area (Å²) in [6, 6.07) is 0. The standard InChI is InChI=1S/C14H24N4OS/c1-4-15-14(16-8-12-6-5-7-19-12)17-9-13-18-10(2)11(3)20-13/h12H,4-9H2,1-3H3,(H2,15,16,17). The molecule has 0 aliphatic carbocycles. The lowest BCUT2D eigenvalue weighted by atomic mass is 10.2. The van der Waals surface area contributed by atoms with Gasteiger partial charge in [-0.2, -0.15) is 0 Å². The van der Waals surface area contributed by atoms with Gasteiger partial charge in [-0.1, -0.05) is 0 Å². The van der Waals surface area contributed by atoms with Crippen molar-refractivity contribution in [1.82, 2.24) is 15.6 Å². The highest BCUT2D eigenvalue weighted by Gasteiger charge is 2.15. The van der Waals surface area contributed by atoms with Crippen molar-refractivity contribution in [2.45, 2.75) is 46.3 Å². The van der Waals surface area contributed by atoms with Crippen molar-refractivity contribution in [1.29, 1.82) is 0 Å². The van der Waals surface area contributed by atoms with Crippen molar-refractivity contribution in [3.05, 3.63) is 15.6 Å². The van der Waals surface area contributed by atoms with Crippen LogP contribution in [0.15, 0.2) is 4.99 Å². The zero-order chi connectivity index (χ0) is 14.4. The molecule has 2 rings (SSSR count). The van der Waals surface area contributed by atoms with E-state index in [1.165, 1.54) is 4.88 Å². The summed E-state index contributed by atoms with van der Waals surface area (Å²) in [6.45, 7) is 9.40. The molecule has 1 aromatic heterocycles. The Morgan fingerprint density at radius 1 is 1.45 bits per heavy atom. The van der Waals surface area contributed by atoms with Crippen molar-refractivity contribution in [3.8, 4) is 0 Å². The fourth-order valence-electron chi connectivity index (χ4n) is 2.11. The van der Waals surface area contributed by atoms with Crippen molar-refractivity contribution in [2.24, 2.45) is 4.99 Å². The molecule has 1 saturated heterocycles. The Kier molecular flexibility index (Phi) is 5.79. The number of hydrogen-bond acceptors (Lipinski definition) is 4. The Balaban J connectivity index is 1.87. The van der Waals surface area contributed by atoms with Crippen LogP contribution in [0.3, 0.4) is 0 Å². The van der Waals surface area contributed by atoms with Gasteiger partial charge in [-0.25, -0.2) is 9.98 Å². The second-order valence-corrected chi connectivity index (χ2v) is 6.25. The van der Waals surface area contributed by atoms with Gasteiger partial charge in [0.05, 0.1) is 18.3 Å². The third-order valence-electron chi connectivity index (χ3n) is 3.31. The summed E-state index contributed by atoms with van der Waals surface area (Å²) in [5.74, 6) is 0.841. The topological polar surface area (TPSA) is 58.5 Å². The fourth-order valence-corrected chi connectivity index (χ4v) is 2.97. The van der Waals surface area contributed by atoms with Gasteiger partial charge < -0.3 is 15.4 Å². The van der Waals surface area contributed by atoms with Crippen LogP contribution in [0.5, 0.6) is 0 Å².